The number of hydrogen-bond donors (Lipinski definition) is 1. The predicted octanol–water partition coefficient (Wildman–Crippen LogP) is 1.71. The SMILES string of the molecule is Cc1ncc(-c2nc3n(n2)CCN([C@H](C)[C@](O)(Cn2cncn2)c2ccc(F)cc2F)C3)cn1. The highest BCUT2D eigenvalue weighted by Crippen LogP contribution is 2.34. The lowest BCUT2D eigenvalue weighted by atomic mass is 9.85. The summed E-state index contributed by atoms with van der Waals surface area (Å²) in [5.41, 5.74) is -1.02. The van der Waals surface area contributed by atoms with Crippen LogP contribution in [0.1, 0.15) is 24.1 Å². The van der Waals surface area contributed by atoms with Crippen LogP contribution in [0.3, 0.4) is 0 Å². The van der Waals surface area contributed by atoms with E-state index in [9.17, 15) is 13.9 Å². The van der Waals surface area contributed by atoms with Crippen LogP contribution in [0.15, 0.2) is 43.2 Å². The molecule has 1 N–H and O–H groups in total. The van der Waals surface area contributed by atoms with Crippen molar-refractivity contribution in [2.45, 2.75) is 45.1 Å². The Balaban J connectivity index is 1.45. The Morgan fingerprint density at radius 2 is 1.97 bits per heavy atom. The fraction of sp³-hybridized carbons (Fsp3) is 0.364. The monoisotopic (exact) mass is 467 g/mol. The lowest BCUT2D eigenvalue weighted by Gasteiger charge is -2.42. The van der Waals surface area contributed by atoms with E-state index in [-0.39, 0.29) is 12.1 Å². The molecular weight excluding hydrogens is 444 g/mol. The van der Waals surface area contributed by atoms with E-state index in [1.54, 1.807) is 26.2 Å². The van der Waals surface area contributed by atoms with Gasteiger partial charge in [0, 0.05) is 36.6 Å². The molecule has 176 valence electrons. The summed E-state index contributed by atoms with van der Waals surface area (Å²) in [5, 5.41) is 20.5. The Hall–Kier alpha value is -3.64. The van der Waals surface area contributed by atoms with E-state index in [0.29, 0.717) is 42.7 Å². The van der Waals surface area contributed by atoms with Crippen LogP contribution in [0.25, 0.3) is 11.4 Å². The van der Waals surface area contributed by atoms with E-state index < -0.39 is 23.3 Å². The van der Waals surface area contributed by atoms with Crippen molar-refractivity contribution in [3.63, 3.8) is 0 Å². The molecule has 1 aliphatic heterocycles. The van der Waals surface area contributed by atoms with E-state index in [0.717, 1.165) is 12.1 Å². The topological polar surface area (TPSA) is 111 Å². The van der Waals surface area contributed by atoms with Crippen LogP contribution in [-0.2, 0) is 25.2 Å². The molecule has 12 heteroatoms. The summed E-state index contributed by atoms with van der Waals surface area (Å²) in [6, 6.07) is 2.62. The molecule has 1 aliphatic rings. The average Bonchev–Trinajstić information content (AvgIpc) is 3.48. The van der Waals surface area contributed by atoms with Crippen molar-refractivity contribution in [3.05, 3.63) is 72.1 Å². The number of aryl methyl sites for hydroxylation is 1. The Morgan fingerprint density at radius 3 is 2.68 bits per heavy atom. The number of aliphatic hydroxyl groups is 1. The van der Waals surface area contributed by atoms with Gasteiger partial charge in [-0.1, -0.05) is 6.07 Å². The maximum Gasteiger partial charge on any atom is 0.184 e. The first kappa shape index (κ1) is 22.2. The van der Waals surface area contributed by atoms with Crippen LogP contribution < -0.4 is 0 Å². The molecule has 0 spiro atoms. The van der Waals surface area contributed by atoms with E-state index in [4.69, 9.17) is 0 Å². The lowest BCUT2D eigenvalue weighted by molar-refractivity contribution is -0.0714. The van der Waals surface area contributed by atoms with Crippen LogP contribution in [0, 0.1) is 18.6 Å². The summed E-state index contributed by atoms with van der Waals surface area (Å²) in [6.07, 6.45) is 6.14. The first-order valence-electron chi connectivity index (χ1n) is 10.8. The van der Waals surface area contributed by atoms with Gasteiger partial charge in [0.1, 0.15) is 41.5 Å². The fourth-order valence-electron chi connectivity index (χ4n) is 4.26. The standard InChI is InChI=1S/C22H23F2N9O/c1-14(22(34,11-32-13-25-12-28-32)18-4-3-17(23)7-19(18)24)31-5-6-33-20(10-31)29-21(30-33)16-8-26-15(2)27-9-16/h3-4,7-9,12-14,34H,5-6,10-11H2,1-2H3/t14-,22-/m1/s1. The molecule has 0 saturated carbocycles. The second kappa shape index (κ2) is 8.61. The molecule has 10 nitrogen and oxygen atoms in total. The number of hydrogen-bond acceptors (Lipinski definition) is 8. The summed E-state index contributed by atoms with van der Waals surface area (Å²) in [5.74, 6) is 0.350. The molecule has 0 radical (unpaired) electrons. The summed E-state index contributed by atoms with van der Waals surface area (Å²) in [7, 11) is 0. The number of fused-ring (bicyclic) bond motifs is 1. The third-order valence-electron chi connectivity index (χ3n) is 6.24. The Morgan fingerprint density at radius 1 is 1.18 bits per heavy atom. The third-order valence-corrected chi connectivity index (χ3v) is 6.24. The van der Waals surface area contributed by atoms with Crippen molar-refractivity contribution in [2.24, 2.45) is 0 Å². The lowest BCUT2D eigenvalue weighted by Crippen LogP contribution is -2.53. The first-order valence-corrected chi connectivity index (χ1v) is 10.8. The van der Waals surface area contributed by atoms with E-state index >= 15 is 0 Å². The van der Waals surface area contributed by atoms with Gasteiger partial charge >= 0.3 is 0 Å². The molecule has 4 heterocycles. The molecule has 0 aliphatic carbocycles. The van der Waals surface area contributed by atoms with Crippen LogP contribution >= 0.6 is 0 Å². The van der Waals surface area contributed by atoms with E-state index in [1.165, 1.54) is 23.4 Å². The van der Waals surface area contributed by atoms with Crippen molar-refractivity contribution >= 4 is 0 Å². The molecule has 0 saturated heterocycles. The summed E-state index contributed by atoms with van der Waals surface area (Å²) >= 11 is 0. The average molecular weight is 467 g/mol. The van der Waals surface area contributed by atoms with E-state index in [1.807, 2.05) is 9.58 Å². The van der Waals surface area contributed by atoms with Crippen LogP contribution in [0.4, 0.5) is 8.78 Å². The van der Waals surface area contributed by atoms with Gasteiger partial charge in [-0.3, -0.25) is 4.90 Å². The van der Waals surface area contributed by atoms with Gasteiger partial charge in [0.05, 0.1) is 25.2 Å². The predicted molar refractivity (Wildman–Crippen MR) is 116 cm³/mol. The molecule has 0 fully saturated rings. The van der Waals surface area contributed by atoms with Crippen molar-refractivity contribution in [1.82, 2.24) is 44.4 Å². The molecule has 0 amide bonds. The Bertz CT molecular complexity index is 1290. The van der Waals surface area contributed by atoms with Gasteiger partial charge in [0.15, 0.2) is 5.82 Å². The van der Waals surface area contributed by atoms with Gasteiger partial charge in [-0.15, -0.1) is 0 Å². The van der Waals surface area contributed by atoms with Gasteiger partial charge < -0.3 is 5.11 Å². The molecule has 0 unspecified atom stereocenters. The minimum Gasteiger partial charge on any atom is -0.381 e. The maximum absolute atomic E-state index is 14.9. The zero-order valence-electron chi connectivity index (χ0n) is 18.7. The first-order chi connectivity index (χ1) is 16.3. The zero-order valence-corrected chi connectivity index (χ0v) is 18.7. The second-order valence-corrected chi connectivity index (χ2v) is 8.38. The maximum atomic E-state index is 14.9. The Labute approximate surface area is 193 Å². The van der Waals surface area contributed by atoms with Gasteiger partial charge in [-0.25, -0.2) is 38.1 Å². The molecule has 3 aromatic heterocycles. The Kier molecular flexibility index (Phi) is 5.62. The molecule has 34 heavy (non-hydrogen) atoms. The fourth-order valence-corrected chi connectivity index (χ4v) is 4.26. The van der Waals surface area contributed by atoms with Gasteiger partial charge in [-0.2, -0.15) is 10.2 Å². The summed E-state index contributed by atoms with van der Waals surface area (Å²) in [4.78, 5) is 19.0. The van der Waals surface area contributed by atoms with E-state index in [2.05, 4.69) is 30.1 Å². The highest BCUT2D eigenvalue weighted by atomic mass is 19.1. The van der Waals surface area contributed by atoms with Gasteiger partial charge in [0.25, 0.3) is 0 Å². The summed E-state index contributed by atoms with van der Waals surface area (Å²) < 4.78 is 31.7. The molecule has 1 aromatic carbocycles. The highest BCUT2D eigenvalue weighted by molar-refractivity contribution is 5.51. The molecule has 5 rings (SSSR count). The molecule has 2 atom stereocenters. The van der Waals surface area contributed by atoms with Crippen molar-refractivity contribution in [1.29, 1.82) is 0 Å². The molecule has 0 bridgehead atoms. The van der Waals surface area contributed by atoms with Gasteiger partial charge in [-0.05, 0) is 19.9 Å². The van der Waals surface area contributed by atoms with Crippen LogP contribution in [0.2, 0.25) is 0 Å². The van der Waals surface area contributed by atoms with Crippen LogP contribution in [-0.4, -0.2) is 62.1 Å². The van der Waals surface area contributed by atoms with Gasteiger partial charge in [0.2, 0.25) is 0 Å². The number of benzene rings is 1. The zero-order chi connectivity index (χ0) is 23.9. The minimum atomic E-state index is -1.72. The molecular formula is C22H23F2N9O. The highest BCUT2D eigenvalue weighted by Gasteiger charge is 2.43. The largest absolute Gasteiger partial charge is 0.381 e. The number of halogens is 2. The molecule has 4 aromatic rings. The van der Waals surface area contributed by atoms with Crippen LogP contribution in [0.5, 0.6) is 0 Å². The third kappa shape index (κ3) is 4.05. The number of aromatic nitrogens is 8. The minimum absolute atomic E-state index is 0.0126. The smallest absolute Gasteiger partial charge is 0.184 e. The quantitative estimate of drug-likeness (QED) is 0.456. The van der Waals surface area contributed by atoms with Crippen molar-refractivity contribution < 1.29 is 13.9 Å². The normalized spacial score (nSPS) is 16.7. The summed E-state index contributed by atoms with van der Waals surface area (Å²) in [6.45, 7) is 5.00. The number of rotatable bonds is 6. The van der Waals surface area contributed by atoms with Crippen molar-refractivity contribution in [3.8, 4) is 11.4 Å². The number of nitrogens with zero attached hydrogens (tertiary/aromatic N) is 9. The van der Waals surface area contributed by atoms with Crippen molar-refractivity contribution in [2.75, 3.05) is 6.54 Å². The second-order valence-electron chi connectivity index (χ2n) is 8.38.